The zero-order valence-corrected chi connectivity index (χ0v) is 19.6. The summed E-state index contributed by atoms with van der Waals surface area (Å²) in [6.07, 6.45) is 1.66. The van der Waals surface area contributed by atoms with Crippen molar-refractivity contribution in [3.05, 3.63) is 88.3 Å². The third kappa shape index (κ3) is 4.22. The van der Waals surface area contributed by atoms with Crippen molar-refractivity contribution in [2.45, 2.75) is 20.4 Å². The predicted octanol–water partition coefficient (Wildman–Crippen LogP) is 4.64. The van der Waals surface area contributed by atoms with E-state index in [1.165, 1.54) is 7.11 Å². The van der Waals surface area contributed by atoms with Crippen LogP contribution in [0.25, 0.3) is 10.9 Å². The van der Waals surface area contributed by atoms with E-state index in [1.54, 1.807) is 24.4 Å². The summed E-state index contributed by atoms with van der Waals surface area (Å²) < 4.78 is 20.1. The number of aromatic amines is 1. The van der Waals surface area contributed by atoms with Crippen LogP contribution in [-0.4, -0.2) is 23.0 Å². The molecule has 0 saturated heterocycles. The molecule has 0 aliphatic rings. The number of nitrogens with one attached hydrogen (secondary N) is 2. The third-order valence-corrected chi connectivity index (χ3v) is 7.95. The summed E-state index contributed by atoms with van der Waals surface area (Å²) in [6, 6.07) is 16.3. The Bertz CT molecular complexity index is 1330. The van der Waals surface area contributed by atoms with Crippen molar-refractivity contribution >= 4 is 46.4 Å². The Balaban J connectivity index is 1.87. The number of aryl methyl sites for hydroxylation is 2. The van der Waals surface area contributed by atoms with Crippen molar-refractivity contribution in [3.8, 4) is 0 Å². The monoisotopic (exact) mass is 467 g/mol. The van der Waals surface area contributed by atoms with Crippen LogP contribution in [0.3, 0.4) is 0 Å². The lowest BCUT2D eigenvalue weighted by molar-refractivity contribution is 0.0947. The molecule has 2 N–H and O–H groups in total. The first-order valence-electron chi connectivity index (χ1n) is 10.1. The van der Waals surface area contributed by atoms with E-state index in [9.17, 15) is 9.36 Å². The Morgan fingerprint density at radius 2 is 1.88 bits per heavy atom. The number of pyridine rings is 1. The predicted molar refractivity (Wildman–Crippen MR) is 129 cm³/mol. The first-order chi connectivity index (χ1) is 15.3. The van der Waals surface area contributed by atoms with E-state index in [2.05, 4.69) is 15.3 Å². The summed E-state index contributed by atoms with van der Waals surface area (Å²) in [4.78, 5) is 20.6. The second kappa shape index (κ2) is 8.91. The molecule has 2 aromatic carbocycles. The number of benzene rings is 2. The fourth-order valence-corrected chi connectivity index (χ4v) is 6.35. The smallest absolute Gasteiger partial charge is 0.268 e. The van der Waals surface area contributed by atoms with E-state index in [4.69, 9.17) is 16.1 Å². The van der Waals surface area contributed by atoms with Crippen molar-refractivity contribution in [2.24, 2.45) is 0 Å². The van der Waals surface area contributed by atoms with Crippen LogP contribution in [0.2, 0.25) is 5.02 Å². The summed E-state index contributed by atoms with van der Waals surface area (Å²) in [5, 5.41) is 4.75. The van der Waals surface area contributed by atoms with Crippen LogP contribution in [0.4, 0.5) is 0 Å². The molecule has 164 valence electrons. The minimum absolute atomic E-state index is 0.183. The molecule has 1 unspecified atom stereocenters. The second-order valence-electron chi connectivity index (χ2n) is 7.62. The van der Waals surface area contributed by atoms with E-state index in [0.717, 1.165) is 11.1 Å². The van der Waals surface area contributed by atoms with Crippen LogP contribution in [0.5, 0.6) is 0 Å². The summed E-state index contributed by atoms with van der Waals surface area (Å²) >= 11 is 6.26. The highest BCUT2D eigenvalue weighted by atomic mass is 35.5. The topological polar surface area (TPSA) is 84.1 Å². The van der Waals surface area contributed by atoms with Crippen molar-refractivity contribution in [1.82, 2.24) is 15.3 Å². The number of amides is 1. The maximum absolute atomic E-state index is 14.4. The molecule has 0 fully saturated rings. The second-order valence-corrected chi connectivity index (χ2v) is 10.5. The molecule has 0 aliphatic heterocycles. The van der Waals surface area contributed by atoms with Gasteiger partial charge in [-0.2, -0.15) is 0 Å². The van der Waals surface area contributed by atoms with Gasteiger partial charge in [-0.15, -0.1) is 0 Å². The van der Waals surface area contributed by atoms with Crippen LogP contribution in [0.1, 0.15) is 27.3 Å². The zero-order chi connectivity index (χ0) is 22.9. The average molecular weight is 468 g/mol. The molecule has 1 amide bonds. The summed E-state index contributed by atoms with van der Waals surface area (Å²) in [5.41, 5.74) is 3.45. The Labute approximate surface area is 191 Å². The summed E-state index contributed by atoms with van der Waals surface area (Å²) in [5.74, 6) is -0.403. The normalized spacial score (nSPS) is 13.1. The van der Waals surface area contributed by atoms with Gasteiger partial charge in [0.15, 0.2) is 0 Å². The van der Waals surface area contributed by atoms with Gasteiger partial charge in [0.2, 0.25) is 0 Å². The van der Waals surface area contributed by atoms with Gasteiger partial charge in [-0.05, 0) is 56.3 Å². The lowest BCUT2D eigenvalue weighted by Crippen LogP contribution is -2.30. The maximum Gasteiger partial charge on any atom is 0.268 e. The Morgan fingerprint density at radius 1 is 1.12 bits per heavy atom. The van der Waals surface area contributed by atoms with E-state index >= 15 is 0 Å². The van der Waals surface area contributed by atoms with Gasteiger partial charge in [-0.1, -0.05) is 34.9 Å². The lowest BCUT2D eigenvalue weighted by Gasteiger charge is -2.19. The molecule has 0 bridgehead atoms. The van der Waals surface area contributed by atoms with Crippen molar-refractivity contribution < 1.29 is 13.9 Å². The van der Waals surface area contributed by atoms with E-state index in [1.807, 2.05) is 50.2 Å². The SMILES string of the molecule is COP(=O)(c1cc(C)cc(C)c1)c1c(C(=O)NCc2ccccn2)[nH]c2ccc(Cl)cc12. The molecule has 4 aromatic rings. The Morgan fingerprint density at radius 3 is 2.53 bits per heavy atom. The maximum atomic E-state index is 14.4. The minimum atomic E-state index is -3.63. The first kappa shape index (κ1) is 22.3. The van der Waals surface area contributed by atoms with Gasteiger partial charge in [0.05, 0.1) is 17.5 Å². The zero-order valence-electron chi connectivity index (χ0n) is 18.0. The molecular formula is C24H23ClN3O3P. The fraction of sp³-hybridized carbons (Fsp3) is 0.167. The molecule has 2 aromatic heterocycles. The number of carbonyl (C=O) groups is 1. The molecule has 0 radical (unpaired) electrons. The molecule has 1 atom stereocenters. The molecule has 0 spiro atoms. The van der Waals surface area contributed by atoms with Crippen LogP contribution in [0.15, 0.2) is 60.8 Å². The van der Waals surface area contributed by atoms with Gasteiger partial charge in [0.1, 0.15) is 5.69 Å². The largest absolute Gasteiger partial charge is 0.350 e. The third-order valence-electron chi connectivity index (χ3n) is 5.21. The Kier molecular flexibility index (Phi) is 6.20. The molecule has 0 aliphatic carbocycles. The highest BCUT2D eigenvalue weighted by molar-refractivity contribution is 7.75. The quantitative estimate of drug-likeness (QED) is 0.405. The number of rotatable bonds is 6. The number of nitrogens with zero attached hydrogens (tertiary/aromatic N) is 1. The van der Waals surface area contributed by atoms with Crippen LogP contribution < -0.4 is 15.9 Å². The Hall–Kier alpha value is -2.92. The summed E-state index contributed by atoms with van der Waals surface area (Å²) in [7, 11) is -2.23. The number of halogens is 1. The highest BCUT2D eigenvalue weighted by Gasteiger charge is 2.36. The fourth-order valence-electron chi connectivity index (χ4n) is 3.83. The van der Waals surface area contributed by atoms with Crippen LogP contribution >= 0.6 is 19.0 Å². The van der Waals surface area contributed by atoms with Crippen LogP contribution in [-0.2, 0) is 15.6 Å². The van der Waals surface area contributed by atoms with Gasteiger partial charge in [0.25, 0.3) is 13.3 Å². The number of fused-ring (bicyclic) bond motifs is 1. The number of aromatic nitrogens is 2. The highest BCUT2D eigenvalue weighted by Crippen LogP contribution is 2.47. The number of hydrogen-bond donors (Lipinski definition) is 2. The molecule has 2 heterocycles. The standard InChI is InChI=1S/C24H23ClN3O3P/c1-15-10-16(2)12-19(11-15)32(30,31-3)23-20-13-17(25)7-8-21(20)28-22(23)24(29)27-14-18-6-4-5-9-26-18/h4-13,28H,14H2,1-3H3,(H,27,29). The lowest BCUT2D eigenvalue weighted by atomic mass is 10.2. The number of carbonyl (C=O) groups excluding carboxylic acids is 1. The van der Waals surface area contributed by atoms with Gasteiger partial charge in [-0.3, -0.25) is 14.3 Å². The number of hydrogen-bond acceptors (Lipinski definition) is 4. The van der Waals surface area contributed by atoms with E-state index in [-0.39, 0.29) is 12.2 Å². The molecule has 0 saturated carbocycles. The van der Waals surface area contributed by atoms with E-state index < -0.39 is 13.3 Å². The van der Waals surface area contributed by atoms with Gasteiger partial charge in [-0.25, -0.2) is 0 Å². The van der Waals surface area contributed by atoms with Gasteiger partial charge >= 0.3 is 0 Å². The molecular weight excluding hydrogens is 445 g/mol. The van der Waals surface area contributed by atoms with Crippen molar-refractivity contribution in [2.75, 3.05) is 7.11 Å². The molecule has 4 rings (SSSR count). The van der Waals surface area contributed by atoms with Crippen molar-refractivity contribution in [3.63, 3.8) is 0 Å². The molecule has 6 nitrogen and oxygen atoms in total. The summed E-state index contributed by atoms with van der Waals surface area (Å²) in [6.45, 7) is 4.10. The molecule has 32 heavy (non-hydrogen) atoms. The van der Waals surface area contributed by atoms with Crippen molar-refractivity contribution in [1.29, 1.82) is 0 Å². The van der Waals surface area contributed by atoms with Gasteiger partial charge in [0, 0.05) is 34.5 Å². The van der Waals surface area contributed by atoms with Crippen LogP contribution in [0, 0.1) is 13.8 Å². The minimum Gasteiger partial charge on any atom is -0.350 e. The number of H-pyrrole nitrogens is 1. The molecule has 8 heteroatoms. The average Bonchev–Trinajstić information content (AvgIpc) is 3.16. The van der Waals surface area contributed by atoms with Gasteiger partial charge < -0.3 is 14.8 Å². The first-order valence-corrected chi connectivity index (χ1v) is 12.1. The van der Waals surface area contributed by atoms with E-state index in [0.29, 0.717) is 32.2 Å².